The van der Waals surface area contributed by atoms with Gasteiger partial charge in [0.05, 0.1) is 4.91 Å². The molecule has 1 aliphatic heterocycles. The number of phenolic OH excluding ortho intramolecular Hbond substituents is 2. The molecule has 1 aromatic carbocycles. The van der Waals surface area contributed by atoms with Crippen LogP contribution < -0.4 is 0 Å². The van der Waals surface area contributed by atoms with Gasteiger partial charge in [0.2, 0.25) is 0 Å². The van der Waals surface area contributed by atoms with Crippen LogP contribution in [-0.4, -0.2) is 31.9 Å². The number of rotatable bonds is 3. The summed E-state index contributed by atoms with van der Waals surface area (Å²) < 4.78 is 0.467. The summed E-state index contributed by atoms with van der Waals surface area (Å²) in [7, 11) is 0. The fraction of sp³-hybridized carbons (Fsp3) is 0.0769. The van der Waals surface area contributed by atoms with E-state index in [1.807, 2.05) is 0 Å². The first-order valence-electron chi connectivity index (χ1n) is 5.41. The van der Waals surface area contributed by atoms with Crippen molar-refractivity contribution in [1.82, 2.24) is 4.90 Å². The van der Waals surface area contributed by atoms with Crippen molar-refractivity contribution in [3.8, 4) is 11.5 Å². The lowest BCUT2D eigenvalue weighted by molar-refractivity contribution is -0.121. The van der Waals surface area contributed by atoms with E-state index >= 15 is 0 Å². The standard InChI is InChI=1S/C13H11NO3S2/c1-2-5-14-12(17)11(19-13(14)18)6-8-3-4-9(15)7-10(8)16/h2-4,6-7,15-16H,1,5H2. The molecular weight excluding hydrogens is 282 g/mol. The number of benzene rings is 1. The summed E-state index contributed by atoms with van der Waals surface area (Å²) in [5.41, 5.74) is 0.455. The second-order valence-electron chi connectivity index (χ2n) is 3.82. The van der Waals surface area contributed by atoms with Gasteiger partial charge in [0.15, 0.2) is 0 Å². The van der Waals surface area contributed by atoms with Crippen LogP contribution in [0.4, 0.5) is 0 Å². The molecule has 0 aliphatic carbocycles. The molecule has 0 unspecified atom stereocenters. The Kier molecular flexibility index (Phi) is 3.92. The highest BCUT2D eigenvalue weighted by Crippen LogP contribution is 2.34. The lowest BCUT2D eigenvalue weighted by Gasteiger charge is -2.10. The molecule has 6 heteroatoms. The number of aromatic hydroxyl groups is 2. The minimum absolute atomic E-state index is 0.0335. The van der Waals surface area contributed by atoms with Gasteiger partial charge in [-0.05, 0) is 18.2 Å². The van der Waals surface area contributed by atoms with Gasteiger partial charge in [-0.1, -0.05) is 30.1 Å². The third-order valence-corrected chi connectivity index (χ3v) is 3.86. The Bertz CT molecular complexity index is 596. The lowest BCUT2D eigenvalue weighted by atomic mass is 10.1. The summed E-state index contributed by atoms with van der Waals surface area (Å²) in [4.78, 5) is 13.9. The van der Waals surface area contributed by atoms with E-state index in [9.17, 15) is 15.0 Å². The third kappa shape index (κ3) is 2.80. The topological polar surface area (TPSA) is 60.8 Å². The molecule has 1 saturated heterocycles. The monoisotopic (exact) mass is 293 g/mol. The van der Waals surface area contributed by atoms with Gasteiger partial charge in [-0.25, -0.2) is 0 Å². The highest BCUT2D eigenvalue weighted by Gasteiger charge is 2.31. The smallest absolute Gasteiger partial charge is 0.266 e. The predicted octanol–water partition coefficient (Wildman–Crippen LogP) is 2.49. The van der Waals surface area contributed by atoms with Gasteiger partial charge in [0, 0.05) is 18.2 Å². The van der Waals surface area contributed by atoms with Crippen LogP contribution in [0.15, 0.2) is 35.8 Å². The number of thiocarbonyl (C=S) groups is 1. The van der Waals surface area contributed by atoms with Gasteiger partial charge in [-0.2, -0.15) is 0 Å². The first-order chi connectivity index (χ1) is 9.02. The molecule has 1 amide bonds. The van der Waals surface area contributed by atoms with Gasteiger partial charge >= 0.3 is 0 Å². The summed E-state index contributed by atoms with van der Waals surface area (Å²) in [5.74, 6) is -0.328. The number of phenols is 2. The lowest BCUT2D eigenvalue weighted by Crippen LogP contribution is -2.27. The maximum absolute atomic E-state index is 12.1. The SMILES string of the molecule is C=CCN1C(=O)C(=Cc2ccc(O)cc2O)SC1=S. The maximum Gasteiger partial charge on any atom is 0.266 e. The second kappa shape index (κ2) is 5.46. The zero-order valence-electron chi connectivity index (χ0n) is 9.87. The molecule has 1 aromatic rings. The molecule has 0 bridgehead atoms. The maximum atomic E-state index is 12.1. The first kappa shape index (κ1) is 13.6. The zero-order valence-corrected chi connectivity index (χ0v) is 11.5. The van der Waals surface area contributed by atoms with Crippen molar-refractivity contribution in [1.29, 1.82) is 0 Å². The number of hydrogen-bond donors (Lipinski definition) is 2. The molecule has 0 saturated carbocycles. The molecular formula is C13H11NO3S2. The number of thioether (sulfide) groups is 1. The third-order valence-electron chi connectivity index (χ3n) is 2.49. The highest BCUT2D eigenvalue weighted by molar-refractivity contribution is 8.26. The zero-order chi connectivity index (χ0) is 14.0. The van der Waals surface area contributed by atoms with Crippen molar-refractivity contribution < 1.29 is 15.0 Å². The summed E-state index contributed by atoms with van der Waals surface area (Å²) in [5, 5.41) is 18.9. The van der Waals surface area contributed by atoms with Crippen molar-refractivity contribution in [2.24, 2.45) is 0 Å². The van der Waals surface area contributed by atoms with E-state index in [1.165, 1.54) is 34.9 Å². The Balaban J connectivity index is 2.32. The Morgan fingerprint density at radius 3 is 2.79 bits per heavy atom. The molecule has 0 spiro atoms. The Hall–Kier alpha value is -1.79. The molecule has 1 heterocycles. The van der Waals surface area contributed by atoms with Gasteiger partial charge < -0.3 is 10.2 Å². The second-order valence-corrected chi connectivity index (χ2v) is 5.50. The number of nitrogens with zero attached hydrogens (tertiary/aromatic N) is 1. The van der Waals surface area contributed by atoms with Crippen LogP contribution >= 0.6 is 24.0 Å². The van der Waals surface area contributed by atoms with E-state index < -0.39 is 0 Å². The average Bonchev–Trinajstić information content (AvgIpc) is 2.61. The molecule has 0 radical (unpaired) electrons. The quantitative estimate of drug-likeness (QED) is 0.509. The summed E-state index contributed by atoms with van der Waals surface area (Å²) in [6, 6.07) is 4.19. The van der Waals surface area contributed by atoms with Gasteiger partial charge in [-0.15, -0.1) is 6.58 Å². The van der Waals surface area contributed by atoms with E-state index in [1.54, 1.807) is 12.2 Å². The molecule has 98 valence electrons. The minimum Gasteiger partial charge on any atom is -0.508 e. The van der Waals surface area contributed by atoms with E-state index in [2.05, 4.69) is 6.58 Å². The van der Waals surface area contributed by atoms with E-state index in [0.29, 0.717) is 21.3 Å². The minimum atomic E-state index is -0.206. The fourth-order valence-electron chi connectivity index (χ4n) is 1.58. The molecule has 1 fully saturated rings. The number of carbonyl (C=O) groups is 1. The highest BCUT2D eigenvalue weighted by atomic mass is 32.2. The molecule has 0 aromatic heterocycles. The van der Waals surface area contributed by atoms with Crippen LogP contribution in [0.2, 0.25) is 0 Å². The van der Waals surface area contributed by atoms with Crippen LogP contribution in [0.5, 0.6) is 11.5 Å². The molecule has 1 aliphatic rings. The number of hydrogen-bond acceptors (Lipinski definition) is 5. The molecule has 19 heavy (non-hydrogen) atoms. The van der Waals surface area contributed by atoms with Crippen molar-refractivity contribution in [2.45, 2.75) is 0 Å². The molecule has 2 rings (SSSR count). The summed E-state index contributed by atoms with van der Waals surface area (Å²) >= 11 is 6.28. The van der Waals surface area contributed by atoms with E-state index in [-0.39, 0.29) is 17.4 Å². The number of amides is 1. The predicted molar refractivity (Wildman–Crippen MR) is 79.8 cm³/mol. The van der Waals surface area contributed by atoms with Crippen LogP contribution in [0.3, 0.4) is 0 Å². The Morgan fingerprint density at radius 2 is 2.16 bits per heavy atom. The Morgan fingerprint density at radius 1 is 1.42 bits per heavy atom. The van der Waals surface area contributed by atoms with Crippen molar-refractivity contribution in [3.63, 3.8) is 0 Å². The van der Waals surface area contributed by atoms with Crippen molar-refractivity contribution in [2.75, 3.05) is 6.54 Å². The molecule has 2 N–H and O–H groups in total. The normalized spacial score (nSPS) is 17.3. The molecule has 4 nitrogen and oxygen atoms in total. The van der Waals surface area contributed by atoms with Crippen LogP contribution in [0.1, 0.15) is 5.56 Å². The van der Waals surface area contributed by atoms with Crippen LogP contribution in [0.25, 0.3) is 6.08 Å². The number of carbonyl (C=O) groups excluding carboxylic acids is 1. The van der Waals surface area contributed by atoms with Crippen molar-refractivity contribution >= 4 is 40.3 Å². The fourth-order valence-corrected chi connectivity index (χ4v) is 2.85. The first-order valence-corrected chi connectivity index (χ1v) is 6.63. The van der Waals surface area contributed by atoms with E-state index in [4.69, 9.17) is 12.2 Å². The van der Waals surface area contributed by atoms with Gasteiger partial charge in [0.25, 0.3) is 5.91 Å². The largest absolute Gasteiger partial charge is 0.508 e. The average molecular weight is 293 g/mol. The van der Waals surface area contributed by atoms with E-state index in [0.717, 1.165) is 0 Å². The molecule has 0 atom stereocenters. The summed E-state index contributed by atoms with van der Waals surface area (Å²) in [6.45, 7) is 3.94. The van der Waals surface area contributed by atoms with Gasteiger partial charge in [-0.3, -0.25) is 9.69 Å². The van der Waals surface area contributed by atoms with Crippen molar-refractivity contribution in [3.05, 3.63) is 41.3 Å². The Labute approximate surface area is 120 Å². The van der Waals surface area contributed by atoms with Crippen LogP contribution in [0, 0.1) is 0 Å². The van der Waals surface area contributed by atoms with Gasteiger partial charge in [0.1, 0.15) is 15.8 Å². The summed E-state index contributed by atoms with van der Waals surface area (Å²) in [6.07, 6.45) is 3.16. The van der Waals surface area contributed by atoms with Crippen LogP contribution in [-0.2, 0) is 4.79 Å².